The van der Waals surface area contributed by atoms with Gasteiger partial charge in [-0.05, 0) is 24.6 Å². The highest BCUT2D eigenvalue weighted by atomic mass is 16.5. The SMILES string of the molecule is CC1CN(C(=O)c2cc(C(=O)O)nn2-c2ccccc2)CC(c2ccccc2)O1. The molecule has 1 aliphatic heterocycles. The summed E-state index contributed by atoms with van der Waals surface area (Å²) in [6, 6.07) is 20.1. The molecule has 0 spiro atoms. The molecule has 2 atom stereocenters. The summed E-state index contributed by atoms with van der Waals surface area (Å²) in [6.07, 6.45) is -0.388. The van der Waals surface area contributed by atoms with Crippen molar-refractivity contribution in [1.82, 2.24) is 14.7 Å². The molecule has 7 heteroatoms. The Kier molecular flexibility index (Phi) is 5.14. The molecule has 0 aliphatic carbocycles. The van der Waals surface area contributed by atoms with Crippen molar-refractivity contribution in [1.29, 1.82) is 0 Å². The van der Waals surface area contributed by atoms with E-state index < -0.39 is 5.97 Å². The maximum Gasteiger partial charge on any atom is 0.356 e. The highest BCUT2D eigenvalue weighted by molar-refractivity contribution is 5.96. The molecule has 0 saturated carbocycles. The van der Waals surface area contributed by atoms with Crippen LogP contribution in [0, 0.1) is 0 Å². The number of aromatic carboxylic acids is 1. The van der Waals surface area contributed by atoms with Crippen LogP contribution in [0.5, 0.6) is 0 Å². The maximum atomic E-state index is 13.4. The molecule has 0 radical (unpaired) electrons. The first kappa shape index (κ1) is 18.9. The van der Waals surface area contributed by atoms with Gasteiger partial charge in [0.05, 0.1) is 18.3 Å². The number of ether oxygens (including phenoxy) is 1. The third kappa shape index (κ3) is 3.90. The van der Waals surface area contributed by atoms with Crippen molar-refractivity contribution < 1.29 is 19.4 Å². The number of carbonyl (C=O) groups is 2. The molecule has 1 aromatic heterocycles. The van der Waals surface area contributed by atoms with E-state index >= 15 is 0 Å². The van der Waals surface area contributed by atoms with Gasteiger partial charge in [0.15, 0.2) is 5.69 Å². The van der Waals surface area contributed by atoms with Crippen LogP contribution in [0.4, 0.5) is 0 Å². The number of hydrogen-bond acceptors (Lipinski definition) is 4. The fraction of sp³-hybridized carbons (Fsp3) is 0.227. The summed E-state index contributed by atoms with van der Waals surface area (Å²) in [6.45, 7) is 2.73. The van der Waals surface area contributed by atoms with Crippen molar-refractivity contribution in [3.05, 3.63) is 83.7 Å². The van der Waals surface area contributed by atoms with Gasteiger partial charge in [0.1, 0.15) is 11.8 Å². The van der Waals surface area contributed by atoms with Gasteiger partial charge in [0.2, 0.25) is 0 Å². The quantitative estimate of drug-likeness (QED) is 0.738. The first-order valence-corrected chi connectivity index (χ1v) is 9.41. The number of para-hydroxylation sites is 1. The fourth-order valence-electron chi connectivity index (χ4n) is 3.54. The Bertz CT molecular complexity index is 1020. The Hall–Kier alpha value is -3.45. The number of nitrogens with zero attached hydrogens (tertiary/aromatic N) is 3. The van der Waals surface area contributed by atoms with Gasteiger partial charge in [-0.1, -0.05) is 48.5 Å². The first-order chi connectivity index (χ1) is 14.0. The second kappa shape index (κ2) is 7.89. The summed E-state index contributed by atoms with van der Waals surface area (Å²) < 4.78 is 7.43. The molecule has 29 heavy (non-hydrogen) atoms. The molecule has 1 saturated heterocycles. The molecule has 2 aromatic carbocycles. The average molecular weight is 391 g/mol. The second-order valence-electron chi connectivity index (χ2n) is 7.02. The highest BCUT2D eigenvalue weighted by Gasteiger charge is 2.32. The van der Waals surface area contributed by atoms with Crippen molar-refractivity contribution in [2.75, 3.05) is 13.1 Å². The Morgan fingerprint density at radius 3 is 2.34 bits per heavy atom. The molecular formula is C22H21N3O4. The Balaban J connectivity index is 1.67. The van der Waals surface area contributed by atoms with E-state index in [4.69, 9.17) is 4.74 Å². The Morgan fingerprint density at radius 1 is 1.03 bits per heavy atom. The van der Waals surface area contributed by atoms with Crippen LogP contribution in [0.25, 0.3) is 5.69 Å². The minimum Gasteiger partial charge on any atom is -0.476 e. The van der Waals surface area contributed by atoms with E-state index in [0.717, 1.165) is 5.56 Å². The zero-order chi connectivity index (χ0) is 20.4. The molecule has 1 aliphatic rings. The third-order valence-corrected chi connectivity index (χ3v) is 4.87. The third-order valence-electron chi connectivity index (χ3n) is 4.87. The van der Waals surface area contributed by atoms with E-state index in [9.17, 15) is 14.7 Å². The number of hydrogen-bond donors (Lipinski definition) is 1. The van der Waals surface area contributed by atoms with E-state index in [1.54, 1.807) is 17.0 Å². The van der Waals surface area contributed by atoms with Crippen LogP contribution in [0.15, 0.2) is 66.7 Å². The molecule has 148 valence electrons. The standard InChI is InChI=1S/C22H21N3O4/c1-15-13-24(14-20(29-15)16-8-4-2-5-9-16)21(26)19-12-18(22(27)28)23-25(19)17-10-6-3-7-11-17/h2-12,15,20H,13-14H2,1H3,(H,27,28). The van der Waals surface area contributed by atoms with Gasteiger partial charge in [0, 0.05) is 12.6 Å². The number of carbonyl (C=O) groups excluding carboxylic acids is 1. The lowest BCUT2D eigenvalue weighted by molar-refractivity contribution is -0.0693. The molecule has 2 heterocycles. The van der Waals surface area contributed by atoms with Crippen LogP contribution in [-0.2, 0) is 4.74 Å². The molecule has 4 rings (SSSR count). The average Bonchev–Trinajstić information content (AvgIpc) is 3.20. The normalized spacial score (nSPS) is 19.1. The molecule has 1 amide bonds. The smallest absolute Gasteiger partial charge is 0.356 e. The monoisotopic (exact) mass is 391 g/mol. The van der Waals surface area contributed by atoms with E-state index in [0.29, 0.717) is 18.8 Å². The van der Waals surface area contributed by atoms with E-state index in [2.05, 4.69) is 5.10 Å². The predicted octanol–water partition coefficient (Wildman–Crippen LogP) is 3.17. The van der Waals surface area contributed by atoms with Crippen LogP contribution in [0.1, 0.15) is 39.6 Å². The minimum absolute atomic E-state index is 0.148. The summed E-state index contributed by atoms with van der Waals surface area (Å²) in [5.74, 6) is -1.45. The van der Waals surface area contributed by atoms with E-state index in [-0.39, 0.29) is 29.5 Å². The molecule has 3 aromatic rings. The number of carboxylic acid groups (broad SMARTS) is 1. The minimum atomic E-state index is -1.17. The van der Waals surface area contributed by atoms with Crippen LogP contribution >= 0.6 is 0 Å². The van der Waals surface area contributed by atoms with Crippen LogP contribution < -0.4 is 0 Å². The maximum absolute atomic E-state index is 13.4. The first-order valence-electron chi connectivity index (χ1n) is 9.41. The van der Waals surface area contributed by atoms with Crippen LogP contribution in [0.3, 0.4) is 0 Å². The molecule has 1 fully saturated rings. The zero-order valence-electron chi connectivity index (χ0n) is 15.9. The van der Waals surface area contributed by atoms with Crippen LogP contribution in [0.2, 0.25) is 0 Å². The van der Waals surface area contributed by atoms with Gasteiger partial charge >= 0.3 is 5.97 Å². The van der Waals surface area contributed by atoms with Gasteiger partial charge in [-0.25, -0.2) is 9.48 Å². The second-order valence-corrected chi connectivity index (χ2v) is 7.02. The molecule has 0 bridgehead atoms. The predicted molar refractivity (Wildman–Crippen MR) is 106 cm³/mol. The van der Waals surface area contributed by atoms with E-state index in [1.165, 1.54) is 10.7 Å². The van der Waals surface area contributed by atoms with Gasteiger partial charge in [-0.3, -0.25) is 4.79 Å². The summed E-state index contributed by atoms with van der Waals surface area (Å²) in [7, 11) is 0. The van der Waals surface area contributed by atoms with Crippen LogP contribution in [-0.4, -0.2) is 50.9 Å². The number of benzene rings is 2. The summed E-state index contributed by atoms with van der Waals surface area (Å²) >= 11 is 0. The molecule has 2 unspecified atom stereocenters. The molecular weight excluding hydrogens is 370 g/mol. The summed E-state index contributed by atoms with van der Waals surface area (Å²) in [5.41, 5.74) is 1.68. The Labute approximate surface area is 168 Å². The molecule has 1 N–H and O–H groups in total. The van der Waals surface area contributed by atoms with Gasteiger partial charge in [0.25, 0.3) is 5.91 Å². The van der Waals surface area contributed by atoms with Crippen molar-refractivity contribution in [2.45, 2.75) is 19.1 Å². The van der Waals surface area contributed by atoms with Gasteiger partial charge in [-0.15, -0.1) is 0 Å². The summed E-state index contributed by atoms with van der Waals surface area (Å²) in [5, 5.41) is 13.5. The topological polar surface area (TPSA) is 84.7 Å². The lowest BCUT2D eigenvalue weighted by atomic mass is 10.1. The lowest BCUT2D eigenvalue weighted by Crippen LogP contribution is -2.46. The largest absolute Gasteiger partial charge is 0.476 e. The zero-order valence-corrected chi connectivity index (χ0v) is 15.9. The number of carboxylic acids is 1. The molecule has 7 nitrogen and oxygen atoms in total. The fourth-order valence-corrected chi connectivity index (χ4v) is 3.54. The van der Waals surface area contributed by atoms with Gasteiger partial charge < -0.3 is 14.7 Å². The van der Waals surface area contributed by atoms with E-state index in [1.807, 2.05) is 55.5 Å². The van der Waals surface area contributed by atoms with Crippen molar-refractivity contribution in [2.24, 2.45) is 0 Å². The Morgan fingerprint density at radius 2 is 1.69 bits per heavy atom. The number of morpholine rings is 1. The number of rotatable bonds is 4. The summed E-state index contributed by atoms with van der Waals surface area (Å²) in [4.78, 5) is 26.5. The lowest BCUT2D eigenvalue weighted by Gasteiger charge is -2.37. The highest BCUT2D eigenvalue weighted by Crippen LogP contribution is 2.26. The van der Waals surface area contributed by atoms with Crippen molar-refractivity contribution in [3.63, 3.8) is 0 Å². The van der Waals surface area contributed by atoms with Crippen molar-refractivity contribution in [3.8, 4) is 5.69 Å². The van der Waals surface area contributed by atoms with Crippen molar-refractivity contribution >= 4 is 11.9 Å². The number of aromatic nitrogens is 2. The van der Waals surface area contributed by atoms with Gasteiger partial charge in [-0.2, -0.15) is 5.10 Å². The number of amides is 1.